The number of oxime groups is 1. The molecule has 3 nitrogen and oxygen atoms in total. The quantitative estimate of drug-likeness (QED) is 0.821. The zero-order valence-corrected chi connectivity index (χ0v) is 12.4. The summed E-state index contributed by atoms with van der Waals surface area (Å²) in [6, 6.07) is 8.52. The highest BCUT2D eigenvalue weighted by Gasteiger charge is 2.23. The molecule has 2 aliphatic rings. The highest BCUT2D eigenvalue weighted by molar-refractivity contribution is 6.13. The third-order valence-electron chi connectivity index (χ3n) is 4.24. The molecule has 1 saturated heterocycles. The molecule has 0 bridgehead atoms. The monoisotopic (exact) mass is 270 g/mol. The average Bonchev–Trinajstić information content (AvgIpc) is 2.97. The maximum Gasteiger partial charge on any atom is 0.146 e. The van der Waals surface area contributed by atoms with Crippen LogP contribution < -0.4 is 0 Å². The Balaban J connectivity index is 1.89. The van der Waals surface area contributed by atoms with Crippen molar-refractivity contribution >= 4 is 5.71 Å². The largest absolute Gasteiger partial charge is 0.390 e. The molecule has 106 valence electrons. The van der Waals surface area contributed by atoms with E-state index in [1.165, 1.54) is 36.1 Å². The minimum atomic E-state index is 0.603. The van der Waals surface area contributed by atoms with Crippen molar-refractivity contribution in [2.24, 2.45) is 5.16 Å². The molecule has 0 spiro atoms. The van der Waals surface area contributed by atoms with Gasteiger partial charge in [0.15, 0.2) is 0 Å². The first-order valence-electron chi connectivity index (χ1n) is 7.48. The van der Waals surface area contributed by atoms with Gasteiger partial charge in [0.25, 0.3) is 0 Å². The number of hydrogen-bond acceptors (Lipinski definition) is 3. The van der Waals surface area contributed by atoms with Crippen LogP contribution in [-0.2, 0) is 4.84 Å². The predicted octanol–water partition coefficient (Wildman–Crippen LogP) is 3.49. The number of rotatable bonds is 2. The number of hydrogen-bond donors (Lipinski definition) is 0. The van der Waals surface area contributed by atoms with Crippen molar-refractivity contribution < 1.29 is 4.84 Å². The third kappa shape index (κ3) is 2.58. The van der Waals surface area contributed by atoms with Gasteiger partial charge >= 0.3 is 0 Å². The molecule has 0 aromatic heterocycles. The summed E-state index contributed by atoms with van der Waals surface area (Å²) < 4.78 is 0. The number of benzene rings is 1. The van der Waals surface area contributed by atoms with Gasteiger partial charge in [-0.2, -0.15) is 0 Å². The summed E-state index contributed by atoms with van der Waals surface area (Å²) in [5.74, 6) is 0. The number of allylic oxidation sites excluding steroid dienone is 1. The molecule has 1 aromatic rings. The zero-order valence-electron chi connectivity index (χ0n) is 12.4. The second kappa shape index (κ2) is 5.70. The van der Waals surface area contributed by atoms with Gasteiger partial charge in [0.05, 0.1) is 0 Å². The fourth-order valence-electron chi connectivity index (χ4n) is 2.92. The molecule has 0 atom stereocenters. The molecule has 20 heavy (non-hydrogen) atoms. The van der Waals surface area contributed by atoms with E-state index in [-0.39, 0.29) is 0 Å². The van der Waals surface area contributed by atoms with E-state index < -0.39 is 0 Å². The van der Waals surface area contributed by atoms with Crippen molar-refractivity contribution in [1.82, 2.24) is 4.90 Å². The summed E-state index contributed by atoms with van der Waals surface area (Å²) in [5.41, 5.74) is 6.01. The highest BCUT2D eigenvalue weighted by atomic mass is 16.6. The standard InChI is InChI=1S/C17H22N2O/c1-13-6-8-15(9-7-13)17-16(12-20-18-17)14(2)19-10-4-3-5-11-19/h6-9H,3-5,10-12H2,1-2H3. The minimum absolute atomic E-state index is 0.603. The van der Waals surface area contributed by atoms with Crippen molar-refractivity contribution in [3.05, 3.63) is 46.7 Å². The maximum atomic E-state index is 5.37. The Kier molecular flexibility index (Phi) is 3.77. The van der Waals surface area contributed by atoms with Crippen LogP contribution in [0.2, 0.25) is 0 Å². The molecule has 1 fully saturated rings. The maximum absolute atomic E-state index is 5.37. The fraction of sp³-hybridized carbons (Fsp3) is 0.471. The van der Waals surface area contributed by atoms with E-state index in [9.17, 15) is 0 Å². The minimum Gasteiger partial charge on any atom is -0.390 e. The van der Waals surface area contributed by atoms with Crippen molar-refractivity contribution in [2.75, 3.05) is 19.7 Å². The Morgan fingerprint density at radius 1 is 1.10 bits per heavy atom. The lowest BCUT2D eigenvalue weighted by Crippen LogP contribution is -2.30. The van der Waals surface area contributed by atoms with Crippen molar-refractivity contribution in [3.8, 4) is 0 Å². The first-order valence-corrected chi connectivity index (χ1v) is 7.48. The number of likely N-dealkylation sites (tertiary alicyclic amines) is 1. The first kappa shape index (κ1) is 13.2. The van der Waals surface area contributed by atoms with Crippen LogP contribution in [0.3, 0.4) is 0 Å². The Morgan fingerprint density at radius 2 is 1.80 bits per heavy atom. The van der Waals surface area contributed by atoms with Gasteiger partial charge in [-0.05, 0) is 33.1 Å². The number of aryl methyl sites for hydroxylation is 1. The van der Waals surface area contributed by atoms with Crippen LogP contribution in [0.1, 0.15) is 37.3 Å². The van der Waals surface area contributed by atoms with E-state index in [0.29, 0.717) is 6.61 Å². The molecule has 0 saturated carbocycles. The van der Waals surface area contributed by atoms with Crippen molar-refractivity contribution in [1.29, 1.82) is 0 Å². The van der Waals surface area contributed by atoms with E-state index in [0.717, 1.165) is 24.4 Å². The molecule has 0 radical (unpaired) electrons. The summed E-state index contributed by atoms with van der Waals surface area (Å²) in [6.45, 7) is 7.24. The van der Waals surface area contributed by atoms with Gasteiger partial charge in [-0.1, -0.05) is 35.0 Å². The molecule has 0 aliphatic carbocycles. The van der Waals surface area contributed by atoms with Gasteiger partial charge < -0.3 is 9.74 Å². The molecular weight excluding hydrogens is 248 g/mol. The SMILES string of the molecule is CC(=C1CON=C1c1ccc(C)cc1)N1CCCCC1. The topological polar surface area (TPSA) is 24.8 Å². The van der Waals surface area contributed by atoms with Crippen molar-refractivity contribution in [2.45, 2.75) is 33.1 Å². The highest BCUT2D eigenvalue weighted by Crippen LogP contribution is 2.24. The van der Waals surface area contributed by atoms with Crippen LogP contribution in [0, 0.1) is 6.92 Å². The summed E-state index contributed by atoms with van der Waals surface area (Å²) in [4.78, 5) is 7.85. The van der Waals surface area contributed by atoms with E-state index >= 15 is 0 Å². The molecular formula is C17H22N2O. The van der Waals surface area contributed by atoms with Crippen LogP contribution in [-0.4, -0.2) is 30.3 Å². The molecule has 0 amide bonds. The summed E-state index contributed by atoms with van der Waals surface area (Å²) in [5, 5.41) is 4.27. The van der Waals surface area contributed by atoms with Crippen LogP contribution in [0.4, 0.5) is 0 Å². The predicted molar refractivity (Wildman–Crippen MR) is 81.8 cm³/mol. The molecule has 0 N–H and O–H groups in total. The summed E-state index contributed by atoms with van der Waals surface area (Å²) in [6.07, 6.45) is 3.94. The normalized spacial score (nSPS) is 21.5. The lowest BCUT2D eigenvalue weighted by molar-refractivity contribution is 0.184. The molecule has 3 heteroatoms. The number of piperidine rings is 1. The summed E-state index contributed by atoms with van der Waals surface area (Å²) >= 11 is 0. The molecule has 1 aromatic carbocycles. The van der Waals surface area contributed by atoms with E-state index in [4.69, 9.17) is 4.84 Å². The smallest absolute Gasteiger partial charge is 0.146 e. The Labute approximate surface area is 120 Å². The van der Waals surface area contributed by atoms with Crippen molar-refractivity contribution in [3.63, 3.8) is 0 Å². The lowest BCUT2D eigenvalue weighted by atomic mass is 9.99. The van der Waals surface area contributed by atoms with Crippen LogP contribution >= 0.6 is 0 Å². The van der Waals surface area contributed by atoms with Gasteiger partial charge in [-0.15, -0.1) is 0 Å². The third-order valence-corrected chi connectivity index (χ3v) is 4.24. The Bertz CT molecular complexity index is 537. The molecule has 2 heterocycles. The van der Waals surface area contributed by atoms with Gasteiger partial charge in [0.2, 0.25) is 0 Å². The van der Waals surface area contributed by atoms with Gasteiger partial charge in [0, 0.05) is 29.9 Å². The van der Waals surface area contributed by atoms with E-state index in [1.807, 2.05) is 0 Å². The van der Waals surface area contributed by atoms with E-state index in [2.05, 4.69) is 48.2 Å². The zero-order chi connectivity index (χ0) is 13.9. The van der Waals surface area contributed by atoms with Crippen LogP contribution in [0.5, 0.6) is 0 Å². The van der Waals surface area contributed by atoms with Gasteiger partial charge in [-0.3, -0.25) is 0 Å². The van der Waals surface area contributed by atoms with Gasteiger partial charge in [0.1, 0.15) is 12.3 Å². The van der Waals surface area contributed by atoms with Gasteiger partial charge in [-0.25, -0.2) is 0 Å². The Morgan fingerprint density at radius 3 is 2.50 bits per heavy atom. The lowest BCUT2D eigenvalue weighted by Gasteiger charge is -2.30. The van der Waals surface area contributed by atoms with Crippen LogP contribution in [0.25, 0.3) is 0 Å². The number of nitrogens with zero attached hydrogens (tertiary/aromatic N) is 2. The Hall–Kier alpha value is -1.77. The molecule has 3 rings (SSSR count). The second-order valence-electron chi connectivity index (χ2n) is 5.69. The first-order chi connectivity index (χ1) is 9.75. The molecule has 2 aliphatic heterocycles. The molecule has 0 unspecified atom stereocenters. The summed E-state index contributed by atoms with van der Waals surface area (Å²) in [7, 11) is 0. The van der Waals surface area contributed by atoms with Crippen LogP contribution in [0.15, 0.2) is 40.7 Å². The average molecular weight is 270 g/mol. The fourth-order valence-corrected chi connectivity index (χ4v) is 2.92. The second-order valence-corrected chi connectivity index (χ2v) is 5.69. The van der Waals surface area contributed by atoms with E-state index in [1.54, 1.807) is 0 Å².